The van der Waals surface area contributed by atoms with Crippen molar-refractivity contribution in [1.29, 1.82) is 0 Å². The molecule has 0 saturated heterocycles. The van der Waals surface area contributed by atoms with Crippen LogP contribution in [0.5, 0.6) is 0 Å². The summed E-state index contributed by atoms with van der Waals surface area (Å²) in [5, 5.41) is 8.65. The monoisotopic (exact) mass is 331 g/mol. The fourth-order valence-corrected chi connectivity index (χ4v) is 3.15. The summed E-state index contributed by atoms with van der Waals surface area (Å²) in [5.74, 6) is 0.744. The molecule has 1 fully saturated rings. The number of amides is 3. The zero-order valence-corrected chi connectivity index (χ0v) is 14.9. The van der Waals surface area contributed by atoms with Gasteiger partial charge in [0.25, 0.3) is 5.91 Å². The van der Waals surface area contributed by atoms with Crippen molar-refractivity contribution in [3.63, 3.8) is 0 Å². The molecule has 5 nitrogen and oxygen atoms in total. The van der Waals surface area contributed by atoms with E-state index in [2.05, 4.69) is 22.9 Å². The summed E-state index contributed by atoms with van der Waals surface area (Å²) in [6.45, 7) is 6.03. The number of carbonyl (C=O) groups is 2. The molecule has 0 aliphatic heterocycles. The van der Waals surface area contributed by atoms with E-state index in [1.807, 2.05) is 13.8 Å². The number of carbonyl (C=O) groups excluding carboxylic acids is 2. The van der Waals surface area contributed by atoms with Crippen LogP contribution in [0.25, 0.3) is 0 Å². The molecular weight excluding hydrogens is 302 g/mol. The van der Waals surface area contributed by atoms with E-state index in [1.165, 1.54) is 19.3 Å². The molecule has 1 aliphatic carbocycles. The Morgan fingerprint density at radius 2 is 1.88 bits per heavy atom. The first-order chi connectivity index (χ1) is 11.5. The summed E-state index contributed by atoms with van der Waals surface area (Å²) in [5.41, 5.74) is 1.20. The summed E-state index contributed by atoms with van der Waals surface area (Å²) < 4.78 is 0. The van der Waals surface area contributed by atoms with Crippen LogP contribution in [0, 0.1) is 5.92 Å². The van der Waals surface area contributed by atoms with E-state index in [1.54, 1.807) is 24.3 Å². The highest BCUT2D eigenvalue weighted by molar-refractivity contribution is 5.97. The van der Waals surface area contributed by atoms with Gasteiger partial charge in [-0.25, -0.2) is 4.79 Å². The molecule has 2 rings (SSSR count). The molecule has 0 unspecified atom stereocenters. The normalized spacial score (nSPS) is 20.5. The van der Waals surface area contributed by atoms with E-state index >= 15 is 0 Å². The minimum atomic E-state index is -0.263. The second kappa shape index (κ2) is 8.71. The Hall–Kier alpha value is -2.04. The Morgan fingerprint density at radius 1 is 1.17 bits per heavy atom. The van der Waals surface area contributed by atoms with Crippen molar-refractivity contribution in [2.75, 3.05) is 5.32 Å². The van der Waals surface area contributed by atoms with Crippen molar-refractivity contribution in [2.45, 2.75) is 65.0 Å². The smallest absolute Gasteiger partial charge is 0.319 e. The summed E-state index contributed by atoms with van der Waals surface area (Å²) in [4.78, 5) is 24.2. The fourth-order valence-electron chi connectivity index (χ4n) is 3.15. The Morgan fingerprint density at radius 3 is 2.50 bits per heavy atom. The van der Waals surface area contributed by atoms with Gasteiger partial charge in [-0.2, -0.15) is 0 Å². The van der Waals surface area contributed by atoms with Crippen LogP contribution in [0.4, 0.5) is 10.5 Å². The van der Waals surface area contributed by atoms with Gasteiger partial charge in [0.1, 0.15) is 0 Å². The number of urea groups is 1. The lowest BCUT2D eigenvalue weighted by Crippen LogP contribution is -2.37. The van der Waals surface area contributed by atoms with Gasteiger partial charge >= 0.3 is 6.03 Å². The predicted molar refractivity (Wildman–Crippen MR) is 97.2 cm³/mol. The van der Waals surface area contributed by atoms with Crippen molar-refractivity contribution < 1.29 is 9.59 Å². The molecule has 1 aliphatic rings. The lowest BCUT2D eigenvalue weighted by atomic mass is 9.84. The SMILES string of the molecule is CCC1CCC(NC(=O)c2cccc(NC(=O)NC(C)C)c2)CC1. The minimum Gasteiger partial charge on any atom is -0.349 e. The summed E-state index contributed by atoms with van der Waals surface area (Å²) in [6, 6.07) is 7.12. The molecule has 5 heteroatoms. The lowest BCUT2D eigenvalue weighted by Gasteiger charge is -2.28. The first kappa shape index (κ1) is 18.3. The highest BCUT2D eigenvalue weighted by Gasteiger charge is 2.21. The molecule has 1 saturated carbocycles. The Labute approximate surface area is 144 Å². The van der Waals surface area contributed by atoms with E-state index in [4.69, 9.17) is 0 Å². The van der Waals surface area contributed by atoms with Gasteiger partial charge in [0.2, 0.25) is 0 Å². The Kier molecular flexibility index (Phi) is 6.64. The molecule has 0 radical (unpaired) electrons. The number of hydrogen-bond donors (Lipinski definition) is 3. The summed E-state index contributed by atoms with van der Waals surface area (Å²) in [6.07, 6.45) is 5.72. The molecule has 1 aromatic rings. The number of anilines is 1. The highest BCUT2D eigenvalue weighted by atomic mass is 16.2. The van der Waals surface area contributed by atoms with Crippen LogP contribution in [0.15, 0.2) is 24.3 Å². The van der Waals surface area contributed by atoms with Gasteiger partial charge in [0.15, 0.2) is 0 Å². The topological polar surface area (TPSA) is 70.2 Å². The standard InChI is InChI=1S/C19H29N3O2/c1-4-14-8-10-16(11-9-14)21-18(23)15-6-5-7-17(12-15)22-19(24)20-13(2)3/h5-7,12-14,16H,4,8-11H2,1-3H3,(H,21,23)(H2,20,22,24). The van der Waals surface area contributed by atoms with E-state index in [-0.39, 0.29) is 24.0 Å². The molecule has 0 aromatic heterocycles. The largest absolute Gasteiger partial charge is 0.349 e. The molecule has 0 bridgehead atoms. The van der Waals surface area contributed by atoms with Crippen molar-refractivity contribution in [3.8, 4) is 0 Å². The van der Waals surface area contributed by atoms with Gasteiger partial charge < -0.3 is 16.0 Å². The van der Waals surface area contributed by atoms with Crippen LogP contribution in [0.3, 0.4) is 0 Å². The molecule has 0 heterocycles. The van der Waals surface area contributed by atoms with Crippen LogP contribution in [0.1, 0.15) is 63.2 Å². The van der Waals surface area contributed by atoms with Crippen molar-refractivity contribution in [2.24, 2.45) is 5.92 Å². The minimum absolute atomic E-state index is 0.0646. The van der Waals surface area contributed by atoms with Gasteiger partial charge in [-0.3, -0.25) is 4.79 Å². The van der Waals surface area contributed by atoms with Crippen LogP contribution >= 0.6 is 0 Å². The third kappa shape index (κ3) is 5.55. The van der Waals surface area contributed by atoms with E-state index < -0.39 is 0 Å². The van der Waals surface area contributed by atoms with E-state index in [0.29, 0.717) is 11.3 Å². The Balaban J connectivity index is 1.90. The number of hydrogen-bond acceptors (Lipinski definition) is 2. The molecule has 0 spiro atoms. The van der Waals surface area contributed by atoms with E-state index in [9.17, 15) is 9.59 Å². The molecule has 3 N–H and O–H groups in total. The first-order valence-electron chi connectivity index (χ1n) is 8.96. The van der Waals surface area contributed by atoms with Crippen molar-refractivity contribution in [3.05, 3.63) is 29.8 Å². The van der Waals surface area contributed by atoms with Crippen molar-refractivity contribution in [1.82, 2.24) is 10.6 Å². The average Bonchev–Trinajstić information content (AvgIpc) is 2.55. The van der Waals surface area contributed by atoms with Crippen LogP contribution in [-0.2, 0) is 0 Å². The van der Waals surface area contributed by atoms with Crippen LogP contribution < -0.4 is 16.0 Å². The number of nitrogens with one attached hydrogen (secondary N) is 3. The third-order valence-electron chi connectivity index (χ3n) is 4.56. The van der Waals surface area contributed by atoms with Gasteiger partial charge in [-0.1, -0.05) is 19.4 Å². The maximum Gasteiger partial charge on any atom is 0.319 e. The second-order valence-corrected chi connectivity index (χ2v) is 6.93. The third-order valence-corrected chi connectivity index (χ3v) is 4.56. The molecule has 1 aromatic carbocycles. The maximum atomic E-state index is 12.4. The molecular formula is C19H29N3O2. The maximum absolute atomic E-state index is 12.4. The zero-order chi connectivity index (χ0) is 17.5. The molecule has 3 amide bonds. The average molecular weight is 331 g/mol. The number of benzene rings is 1. The van der Waals surface area contributed by atoms with Gasteiger partial charge in [-0.15, -0.1) is 0 Å². The Bertz CT molecular complexity index is 563. The number of rotatable bonds is 5. The molecule has 0 atom stereocenters. The van der Waals surface area contributed by atoms with Crippen LogP contribution in [0.2, 0.25) is 0 Å². The highest BCUT2D eigenvalue weighted by Crippen LogP contribution is 2.26. The summed E-state index contributed by atoms with van der Waals surface area (Å²) >= 11 is 0. The molecule has 132 valence electrons. The summed E-state index contributed by atoms with van der Waals surface area (Å²) in [7, 11) is 0. The van der Waals surface area contributed by atoms with Crippen LogP contribution in [-0.4, -0.2) is 24.0 Å². The first-order valence-corrected chi connectivity index (χ1v) is 8.96. The molecule has 24 heavy (non-hydrogen) atoms. The quantitative estimate of drug-likeness (QED) is 0.765. The van der Waals surface area contributed by atoms with Crippen molar-refractivity contribution >= 4 is 17.6 Å². The lowest BCUT2D eigenvalue weighted by molar-refractivity contribution is 0.0921. The zero-order valence-electron chi connectivity index (χ0n) is 14.9. The fraction of sp³-hybridized carbons (Fsp3) is 0.579. The van der Waals surface area contributed by atoms with Gasteiger partial charge in [0, 0.05) is 23.3 Å². The second-order valence-electron chi connectivity index (χ2n) is 6.93. The van der Waals surface area contributed by atoms with Gasteiger partial charge in [0.05, 0.1) is 0 Å². The van der Waals surface area contributed by atoms with Gasteiger partial charge in [-0.05, 0) is 63.6 Å². The predicted octanol–water partition coefficient (Wildman–Crippen LogP) is 3.92. The van der Waals surface area contributed by atoms with E-state index in [0.717, 1.165) is 18.8 Å².